The van der Waals surface area contributed by atoms with Gasteiger partial charge in [-0.25, -0.2) is 4.39 Å². The van der Waals surface area contributed by atoms with Crippen molar-refractivity contribution in [3.05, 3.63) is 34.6 Å². The van der Waals surface area contributed by atoms with Crippen LogP contribution >= 0.6 is 11.6 Å². The number of rotatable bonds is 1. The number of halogens is 2. The van der Waals surface area contributed by atoms with Gasteiger partial charge in [-0.3, -0.25) is 0 Å². The van der Waals surface area contributed by atoms with E-state index in [1.54, 1.807) is 12.1 Å². The van der Waals surface area contributed by atoms with Gasteiger partial charge in [-0.15, -0.1) is 0 Å². The Kier molecular flexibility index (Phi) is 2.49. The molecule has 0 radical (unpaired) electrons. The largest absolute Gasteiger partial charge is 0.301 e. The molecule has 0 aromatic heterocycles. The lowest BCUT2D eigenvalue weighted by Crippen LogP contribution is -2.12. The molecule has 1 fully saturated rings. The molecule has 1 N–H and O–H groups in total. The number of hydrogen-bond donors (Lipinski definition) is 1. The van der Waals surface area contributed by atoms with Gasteiger partial charge in [0.1, 0.15) is 5.82 Å². The van der Waals surface area contributed by atoms with Crippen LogP contribution in [-0.4, -0.2) is 6.61 Å². The molecular formula is C9H9ClFNO. The van der Waals surface area contributed by atoms with Gasteiger partial charge in [0, 0.05) is 5.56 Å². The van der Waals surface area contributed by atoms with Crippen LogP contribution in [-0.2, 0) is 4.84 Å². The fraction of sp³-hybridized carbons (Fsp3) is 0.333. The van der Waals surface area contributed by atoms with Crippen LogP contribution in [0.15, 0.2) is 18.2 Å². The molecule has 2 nitrogen and oxygen atoms in total. The molecule has 1 aliphatic rings. The maximum Gasteiger partial charge on any atom is 0.146 e. The molecule has 4 heteroatoms. The first kappa shape index (κ1) is 8.94. The second-order valence-electron chi connectivity index (χ2n) is 2.95. The Morgan fingerprint density at radius 3 is 3.08 bits per heavy atom. The molecule has 70 valence electrons. The molecule has 13 heavy (non-hydrogen) atoms. The number of hydroxylamine groups is 1. The summed E-state index contributed by atoms with van der Waals surface area (Å²) in [5.74, 6) is -0.354. The minimum atomic E-state index is -0.354. The van der Waals surface area contributed by atoms with Gasteiger partial charge < -0.3 is 4.84 Å². The molecule has 0 amide bonds. The fourth-order valence-corrected chi connectivity index (χ4v) is 1.59. The van der Waals surface area contributed by atoms with E-state index in [2.05, 4.69) is 5.48 Å². The zero-order valence-corrected chi connectivity index (χ0v) is 7.64. The van der Waals surface area contributed by atoms with E-state index in [0.717, 1.165) is 6.42 Å². The molecule has 1 aromatic carbocycles. The zero-order valence-electron chi connectivity index (χ0n) is 6.89. The Labute approximate surface area is 80.6 Å². The average Bonchev–Trinajstić information content (AvgIpc) is 2.62. The van der Waals surface area contributed by atoms with E-state index in [1.165, 1.54) is 6.07 Å². The van der Waals surface area contributed by atoms with E-state index in [9.17, 15) is 4.39 Å². The third kappa shape index (κ3) is 1.68. The summed E-state index contributed by atoms with van der Waals surface area (Å²) in [6, 6.07) is 4.92. The van der Waals surface area contributed by atoms with Crippen LogP contribution in [0.1, 0.15) is 18.0 Å². The maximum atomic E-state index is 13.4. The molecule has 0 saturated carbocycles. The van der Waals surface area contributed by atoms with Gasteiger partial charge in [0.05, 0.1) is 17.7 Å². The van der Waals surface area contributed by atoms with Crippen molar-refractivity contribution in [3.63, 3.8) is 0 Å². The monoisotopic (exact) mass is 201 g/mol. The third-order valence-corrected chi connectivity index (χ3v) is 2.38. The standard InChI is InChI=1S/C9H9ClFNO/c10-7-3-1-2-6(9(7)11)8-4-5-13-12-8/h1-3,8,12H,4-5H2/t8-/m0/s1. The summed E-state index contributed by atoms with van der Waals surface area (Å²) in [7, 11) is 0. The highest BCUT2D eigenvalue weighted by Gasteiger charge is 2.21. The van der Waals surface area contributed by atoms with Gasteiger partial charge in [0.2, 0.25) is 0 Å². The molecule has 0 unspecified atom stereocenters. The van der Waals surface area contributed by atoms with Crippen LogP contribution in [0.4, 0.5) is 4.39 Å². The topological polar surface area (TPSA) is 21.3 Å². The highest BCUT2D eigenvalue weighted by Crippen LogP contribution is 2.27. The fourth-order valence-electron chi connectivity index (χ4n) is 1.40. The van der Waals surface area contributed by atoms with Crippen molar-refractivity contribution < 1.29 is 9.23 Å². The molecule has 1 heterocycles. The normalized spacial score (nSPS) is 22.2. The number of nitrogens with one attached hydrogen (secondary N) is 1. The maximum absolute atomic E-state index is 13.4. The number of hydrogen-bond acceptors (Lipinski definition) is 2. The van der Waals surface area contributed by atoms with Crippen molar-refractivity contribution in [2.75, 3.05) is 6.61 Å². The van der Waals surface area contributed by atoms with Crippen LogP contribution in [0.3, 0.4) is 0 Å². The summed E-state index contributed by atoms with van der Waals surface area (Å²) in [6.45, 7) is 0.608. The summed E-state index contributed by atoms with van der Waals surface area (Å²) >= 11 is 5.65. The third-order valence-electron chi connectivity index (χ3n) is 2.09. The van der Waals surface area contributed by atoms with Gasteiger partial charge >= 0.3 is 0 Å². The Balaban J connectivity index is 2.33. The van der Waals surface area contributed by atoms with E-state index < -0.39 is 0 Å². The second kappa shape index (κ2) is 3.62. The Morgan fingerprint density at radius 1 is 1.54 bits per heavy atom. The molecule has 1 aliphatic heterocycles. The van der Waals surface area contributed by atoms with Crippen LogP contribution in [0.2, 0.25) is 5.02 Å². The summed E-state index contributed by atoms with van der Waals surface area (Å²) in [6.07, 6.45) is 0.775. The number of benzene rings is 1. The molecule has 2 rings (SSSR count). The lowest BCUT2D eigenvalue weighted by molar-refractivity contribution is 0.0877. The predicted molar refractivity (Wildman–Crippen MR) is 47.9 cm³/mol. The second-order valence-corrected chi connectivity index (χ2v) is 3.36. The molecule has 0 aliphatic carbocycles. The first-order valence-electron chi connectivity index (χ1n) is 4.10. The van der Waals surface area contributed by atoms with Gasteiger partial charge in [-0.05, 0) is 12.5 Å². The van der Waals surface area contributed by atoms with Crippen LogP contribution < -0.4 is 5.48 Å². The summed E-state index contributed by atoms with van der Waals surface area (Å²) in [4.78, 5) is 4.95. The zero-order chi connectivity index (χ0) is 9.26. The highest BCUT2D eigenvalue weighted by molar-refractivity contribution is 6.30. The first-order chi connectivity index (χ1) is 6.29. The van der Waals surface area contributed by atoms with E-state index >= 15 is 0 Å². The van der Waals surface area contributed by atoms with Crippen LogP contribution in [0.5, 0.6) is 0 Å². The van der Waals surface area contributed by atoms with E-state index in [4.69, 9.17) is 16.4 Å². The van der Waals surface area contributed by atoms with E-state index in [1.807, 2.05) is 0 Å². The van der Waals surface area contributed by atoms with Crippen molar-refractivity contribution in [1.82, 2.24) is 5.48 Å². The minimum absolute atomic E-state index is 0.0706. The smallest absolute Gasteiger partial charge is 0.146 e. The molecule has 0 spiro atoms. The highest BCUT2D eigenvalue weighted by atomic mass is 35.5. The molecule has 1 saturated heterocycles. The Hall–Kier alpha value is -0.640. The SMILES string of the molecule is Fc1c(Cl)cccc1[C@@H]1CCON1. The molecular weight excluding hydrogens is 193 g/mol. The van der Waals surface area contributed by atoms with E-state index in [0.29, 0.717) is 12.2 Å². The van der Waals surface area contributed by atoms with Crippen molar-refractivity contribution in [2.45, 2.75) is 12.5 Å². The Morgan fingerprint density at radius 2 is 2.38 bits per heavy atom. The molecule has 1 aromatic rings. The lowest BCUT2D eigenvalue weighted by Gasteiger charge is -2.10. The van der Waals surface area contributed by atoms with Crippen LogP contribution in [0, 0.1) is 5.82 Å². The van der Waals surface area contributed by atoms with Crippen LogP contribution in [0.25, 0.3) is 0 Å². The van der Waals surface area contributed by atoms with Gasteiger partial charge in [-0.1, -0.05) is 23.7 Å². The van der Waals surface area contributed by atoms with Crippen molar-refractivity contribution in [1.29, 1.82) is 0 Å². The van der Waals surface area contributed by atoms with Gasteiger partial charge in [0.15, 0.2) is 0 Å². The van der Waals surface area contributed by atoms with Gasteiger partial charge in [0.25, 0.3) is 0 Å². The minimum Gasteiger partial charge on any atom is -0.301 e. The van der Waals surface area contributed by atoms with Crippen molar-refractivity contribution in [3.8, 4) is 0 Å². The summed E-state index contributed by atoms with van der Waals surface area (Å²) < 4.78 is 13.4. The average molecular weight is 202 g/mol. The quantitative estimate of drug-likeness (QED) is 0.754. The van der Waals surface area contributed by atoms with E-state index in [-0.39, 0.29) is 16.9 Å². The molecule has 1 atom stereocenters. The van der Waals surface area contributed by atoms with Crippen molar-refractivity contribution >= 4 is 11.6 Å². The Bertz CT molecular complexity index is 312. The molecule has 0 bridgehead atoms. The first-order valence-corrected chi connectivity index (χ1v) is 4.48. The predicted octanol–water partition coefficient (Wildman–Crippen LogP) is 2.45. The van der Waals surface area contributed by atoms with Gasteiger partial charge in [-0.2, -0.15) is 5.48 Å². The summed E-state index contributed by atoms with van der Waals surface area (Å²) in [5, 5.41) is 0.159. The lowest BCUT2D eigenvalue weighted by atomic mass is 10.1. The van der Waals surface area contributed by atoms with Crippen molar-refractivity contribution in [2.24, 2.45) is 0 Å². The summed E-state index contributed by atoms with van der Waals surface area (Å²) in [5.41, 5.74) is 3.32.